The number of carbonyl (C=O) groups excluding carboxylic acids is 1. The summed E-state index contributed by atoms with van der Waals surface area (Å²) in [5, 5.41) is 15.0. The van der Waals surface area contributed by atoms with E-state index in [9.17, 15) is 4.79 Å². The van der Waals surface area contributed by atoms with Crippen LogP contribution >= 0.6 is 24.0 Å². The van der Waals surface area contributed by atoms with Crippen LogP contribution in [-0.2, 0) is 11.3 Å². The first-order valence-corrected chi connectivity index (χ1v) is 8.02. The second-order valence-corrected chi connectivity index (χ2v) is 5.45. The van der Waals surface area contributed by atoms with Gasteiger partial charge in [-0.1, -0.05) is 12.1 Å². The molecular weight excluding hydrogens is 417 g/mol. The first kappa shape index (κ1) is 20.2. The molecule has 0 radical (unpaired) electrons. The van der Waals surface area contributed by atoms with Crippen molar-refractivity contribution in [3.8, 4) is 6.07 Å². The summed E-state index contributed by atoms with van der Waals surface area (Å²) >= 11 is 0. The van der Waals surface area contributed by atoms with Crippen molar-refractivity contribution in [2.75, 3.05) is 26.2 Å². The van der Waals surface area contributed by atoms with E-state index < -0.39 is 0 Å². The van der Waals surface area contributed by atoms with Gasteiger partial charge in [0.15, 0.2) is 5.96 Å². The Hall–Kier alpha value is -1.82. The summed E-state index contributed by atoms with van der Waals surface area (Å²) in [6, 6.07) is 9.44. The first-order chi connectivity index (χ1) is 11.2. The number of nitriles is 1. The highest BCUT2D eigenvalue weighted by molar-refractivity contribution is 14.0. The number of benzene rings is 1. The summed E-state index contributed by atoms with van der Waals surface area (Å²) < 4.78 is 0. The lowest BCUT2D eigenvalue weighted by Gasteiger charge is -2.17. The van der Waals surface area contributed by atoms with Crippen molar-refractivity contribution >= 4 is 35.8 Å². The van der Waals surface area contributed by atoms with Gasteiger partial charge in [-0.25, -0.2) is 4.99 Å². The Morgan fingerprint density at radius 3 is 2.50 bits per heavy atom. The Morgan fingerprint density at radius 1 is 1.25 bits per heavy atom. The van der Waals surface area contributed by atoms with Gasteiger partial charge in [0.25, 0.3) is 0 Å². The topological polar surface area (TPSA) is 80.5 Å². The average Bonchev–Trinajstić information content (AvgIpc) is 3.12. The zero-order chi connectivity index (χ0) is 16.5. The van der Waals surface area contributed by atoms with Crippen molar-refractivity contribution in [1.29, 1.82) is 5.26 Å². The Bertz CT molecular complexity index is 588. The third-order valence-corrected chi connectivity index (χ3v) is 3.71. The van der Waals surface area contributed by atoms with E-state index in [4.69, 9.17) is 5.26 Å². The number of hydrogen-bond acceptors (Lipinski definition) is 3. The standard InChI is InChI=1S/C17H23N5O.HI/c1-2-19-17(21-13-16(23)22-9-3-4-10-22)20-12-15-7-5-14(11-18)6-8-15;/h5-8H,2-4,9-10,12-13H2,1H3,(H2,19,20,21);1H. The maximum absolute atomic E-state index is 12.0. The highest BCUT2D eigenvalue weighted by Gasteiger charge is 2.17. The summed E-state index contributed by atoms with van der Waals surface area (Å²) in [4.78, 5) is 18.4. The van der Waals surface area contributed by atoms with Gasteiger partial charge in [-0.2, -0.15) is 5.26 Å². The minimum Gasteiger partial charge on any atom is -0.357 e. The largest absolute Gasteiger partial charge is 0.357 e. The van der Waals surface area contributed by atoms with Gasteiger partial charge in [0.2, 0.25) is 5.91 Å². The van der Waals surface area contributed by atoms with Gasteiger partial charge in [0.05, 0.1) is 24.7 Å². The van der Waals surface area contributed by atoms with Gasteiger partial charge in [-0.3, -0.25) is 4.79 Å². The van der Waals surface area contributed by atoms with Crippen molar-refractivity contribution in [3.05, 3.63) is 35.4 Å². The molecule has 0 atom stereocenters. The van der Waals surface area contributed by atoms with Crippen molar-refractivity contribution in [2.24, 2.45) is 4.99 Å². The fraction of sp³-hybridized carbons (Fsp3) is 0.471. The van der Waals surface area contributed by atoms with Crippen molar-refractivity contribution in [2.45, 2.75) is 26.3 Å². The summed E-state index contributed by atoms with van der Waals surface area (Å²) in [6.07, 6.45) is 2.19. The molecule has 1 fully saturated rings. The molecule has 0 aliphatic carbocycles. The number of halogens is 1. The van der Waals surface area contributed by atoms with E-state index in [-0.39, 0.29) is 36.4 Å². The minimum atomic E-state index is 0. The number of amides is 1. The lowest BCUT2D eigenvalue weighted by atomic mass is 10.1. The van der Waals surface area contributed by atoms with Crippen molar-refractivity contribution in [1.82, 2.24) is 15.5 Å². The van der Waals surface area contributed by atoms with Crippen LogP contribution in [0.1, 0.15) is 30.9 Å². The van der Waals surface area contributed by atoms with E-state index in [0.29, 0.717) is 18.1 Å². The third kappa shape index (κ3) is 6.35. The predicted octanol–water partition coefficient (Wildman–Crippen LogP) is 1.85. The molecule has 0 aromatic heterocycles. The van der Waals surface area contributed by atoms with Crippen LogP contribution in [-0.4, -0.2) is 42.9 Å². The van der Waals surface area contributed by atoms with Gasteiger partial charge in [0.1, 0.15) is 0 Å². The highest BCUT2D eigenvalue weighted by Crippen LogP contribution is 2.07. The maximum Gasteiger partial charge on any atom is 0.241 e. The fourth-order valence-electron chi connectivity index (χ4n) is 2.43. The number of nitrogens with zero attached hydrogens (tertiary/aromatic N) is 3. The van der Waals surface area contributed by atoms with Crippen molar-refractivity contribution in [3.63, 3.8) is 0 Å². The SMILES string of the molecule is CCNC(=NCc1ccc(C#N)cc1)NCC(=O)N1CCCC1.I. The molecule has 1 aromatic carbocycles. The summed E-state index contributed by atoms with van der Waals surface area (Å²) in [5.41, 5.74) is 1.66. The number of guanidine groups is 1. The Kier molecular flexibility index (Phi) is 9.15. The monoisotopic (exact) mass is 441 g/mol. The van der Waals surface area contributed by atoms with Gasteiger partial charge in [-0.05, 0) is 37.5 Å². The molecule has 0 spiro atoms. The third-order valence-electron chi connectivity index (χ3n) is 3.71. The average molecular weight is 441 g/mol. The number of carbonyl (C=O) groups is 1. The summed E-state index contributed by atoms with van der Waals surface area (Å²) in [5.74, 6) is 0.746. The molecule has 1 aliphatic rings. The molecule has 0 bridgehead atoms. The molecule has 0 saturated carbocycles. The zero-order valence-electron chi connectivity index (χ0n) is 13.9. The molecule has 2 rings (SSSR count). The van der Waals surface area contributed by atoms with Gasteiger partial charge in [0, 0.05) is 19.6 Å². The Labute approximate surface area is 160 Å². The fourth-order valence-corrected chi connectivity index (χ4v) is 2.43. The van der Waals surface area contributed by atoms with Crippen LogP contribution in [0.25, 0.3) is 0 Å². The molecule has 1 aliphatic heterocycles. The normalized spacial score (nSPS) is 13.8. The van der Waals surface area contributed by atoms with Crippen LogP contribution < -0.4 is 10.6 Å². The molecule has 1 aromatic rings. The van der Waals surface area contributed by atoms with E-state index in [0.717, 1.165) is 38.0 Å². The highest BCUT2D eigenvalue weighted by atomic mass is 127. The van der Waals surface area contributed by atoms with E-state index in [1.165, 1.54) is 0 Å². The molecule has 7 heteroatoms. The van der Waals surface area contributed by atoms with Crippen LogP contribution in [0.4, 0.5) is 0 Å². The predicted molar refractivity (Wildman–Crippen MR) is 105 cm³/mol. The van der Waals surface area contributed by atoms with E-state index in [1.54, 1.807) is 12.1 Å². The number of aliphatic imine (C=N–C) groups is 1. The first-order valence-electron chi connectivity index (χ1n) is 8.02. The molecule has 0 unspecified atom stereocenters. The smallest absolute Gasteiger partial charge is 0.241 e. The molecule has 1 heterocycles. The summed E-state index contributed by atoms with van der Waals surface area (Å²) in [7, 11) is 0. The van der Waals surface area contributed by atoms with Crippen LogP contribution in [0.15, 0.2) is 29.3 Å². The minimum absolute atomic E-state index is 0. The lowest BCUT2D eigenvalue weighted by molar-refractivity contribution is -0.128. The number of hydrogen-bond donors (Lipinski definition) is 2. The van der Waals surface area contributed by atoms with Gasteiger partial charge < -0.3 is 15.5 Å². The molecule has 24 heavy (non-hydrogen) atoms. The molecular formula is C17H24IN5O. The van der Waals surface area contributed by atoms with Crippen LogP contribution in [0, 0.1) is 11.3 Å². The molecule has 130 valence electrons. The molecule has 6 nitrogen and oxygen atoms in total. The second-order valence-electron chi connectivity index (χ2n) is 5.45. The van der Waals surface area contributed by atoms with E-state index in [1.807, 2.05) is 24.0 Å². The Morgan fingerprint density at radius 2 is 1.92 bits per heavy atom. The second kappa shape index (κ2) is 10.9. The maximum atomic E-state index is 12.0. The molecule has 1 saturated heterocycles. The quantitative estimate of drug-likeness (QED) is 0.415. The van der Waals surface area contributed by atoms with E-state index >= 15 is 0 Å². The number of likely N-dealkylation sites (tertiary alicyclic amines) is 1. The van der Waals surface area contributed by atoms with E-state index in [2.05, 4.69) is 21.7 Å². The number of rotatable bonds is 5. The number of nitrogens with one attached hydrogen (secondary N) is 2. The lowest BCUT2D eigenvalue weighted by Crippen LogP contribution is -2.44. The van der Waals surface area contributed by atoms with Crippen LogP contribution in [0.3, 0.4) is 0 Å². The van der Waals surface area contributed by atoms with Crippen LogP contribution in [0.2, 0.25) is 0 Å². The molecule has 2 N–H and O–H groups in total. The van der Waals surface area contributed by atoms with Gasteiger partial charge in [-0.15, -0.1) is 24.0 Å². The molecule has 1 amide bonds. The van der Waals surface area contributed by atoms with Crippen molar-refractivity contribution < 1.29 is 4.79 Å². The van der Waals surface area contributed by atoms with Gasteiger partial charge >= 0.3 is 0 Å². The van der Waals surface area contributed by atoms with Crippen LogP contribution in [0.5, 0.6) is 0 Å². The summed E-state index contributed by atoms with van der Waals surface area (Å²) in [6.45, 7) is 5.20. The Balaban J connectivity index is 0.00000288. The zero-order valence-corrected chi connectivity index (χ0v) is 16.2.